The fraction of sp³-hybridized carbons (Fsp3) is 0.226. The van der Waals surface area contributed by atoms with Gasteiger partial charge < -0.3 is 14.9 Å². The van der Waals surface area contributed by atoms with Crippen LogP contribution in [0, 0.1) is 0 Å². The molecule has 0 bridgehead atoms. The topological polar surface area (TPSA) is 52.9 Å². The number of rotatable bonds is 7. The van der Waals surface area contributed by atoms with E-state index >= 15 is 0 Å². The predicted molar refractivity (Wildman–Crippen MR) is 143 cm³/mol. The molecule has 1 heterocycles. The second-order valence-electron chi connectivity index (χ2n) is 9.18. The Morgan fingerprint density at radius 2 is 1.49 bits per heavy atom. The summed E-state index contributed by atoms with van der Waals surface area (Å²) in [6, 6.07) is 27.2. The molecule has 4 nitrogen and oxygen atoms in total. The highest BCUT2D eigenvalue weighted by atomic mass is 16.5. The lowest BCUT2D eigenvalue weighted by atomic mass is 9.87. The van der Waals surface area contributed by atoms with Crippen LogP contribution in [0.25, 0.3) is 21.9 Å². The first-order valence-electron chi connectivity index (χ1n) is 12.3. The number of aromatic hydroxyl groups is 2. The number of hydrogen-bond acceptors (Lipinski definition) is 4. The molecule has 0 atom stereocenters. The lowest BCUT2D eigenvalue weighted by Gasteiger charge is -2.17. The molecule has 1 aliphatic rings. The largest absolute Gasteiger partial charge is 0.508 e. The third-order valence-electron chi connectivity index (χ3n) is 6.83. The highest BCUT2D eigenvalue weighted by Gasteiger charge is 2.15. The van der Waals surface area contributed by atoms with Crippen LogP contribution in [0.3, 0.4) is 0 Å². The number of fused-ring (bicyclic) bond motifs is 1. The number of phenolic OH excluding ortho intramolecular Hbond substituents is 2. The summed E-state index contributed by atoms with van der Waals surface area (Å²) in [7, 11) is 0. The van der Waals surface area contributed by atoms with Crippen molar-refractivity contribution in [2.24, 2.45) is 0 Å². The molecule has 0 amide bonds. The Kier molecular flexibility index (Phi) is 6.73. The fourth-order valence-electron chi connectivity index (χ4n) is 4.94. The first-order chi connectivity index (χ1) is 17.1. The van der Waals surface area contributed by atoms with Gasteiger partial charge in [-0.2, -0.15) is 0 Å². The van der Waals surface area contributed by atoms with Crippen LogP contribution in [0.5, 0.6) is 17.2 Å². The molecule has 1 fully saturated rings. The van der Waals surface area contributed by atoms with E-state index in [9.17, 15) is 10.2 Å². The third-order valence-corrected chi connectivity index (χ3v) is 6.83. The summed E-state index contributed by atoms with van der Waals surface area (Å²) in [4.78, 5) is 2.45. The molecule has 1 aliphatic heterocycles. The van der Waals surface area contributed by atoms with Gasteiger partial charge in [0.1, 0.15) is 23.9 Å². The average molecular weight is 466 g/mol. The molecule has 0 saturated carbocycles. The van der Waals surface area contributed by atoms with Gasteiger partial charge in [-0.05, 0) is 108 Å². The van der Waals surface area contributed by atoms with Gasteiger partial charge in [-0.1, -0.05) is 48.5 Å². The van der Waals surface area contributed by atoms with Crippen molar-refractivity contribution in [2.45, 2.75) is 19.8 Å². The van der Waals surface area contributed by atoms with Crippen molar-refractivity contribution in [1.82, 2.24) is 4.90 Å². The normalized spacial score (nSPS) is 14.8. The fourth-order valence-corrected chi connectivity index (χ4v) is 4.94. The van der Waals surface area contributed by atoms with Crippen molar-refractivity contribution in [2.75, 3.05) is 26.2 Å². The van der Waals surface area contributed by atoms with Crippen LogP contribution in [0.15, 0.2) is 84.9 Å². The SMILES string of the molecule is C/C(=C(/c1ccc(O)cc1)c1cccc2cc(O)ccc12)c1ccc(OCCN2CCCC2)cc1. The summed E-state index contributed by atoms with van der Waals surface area (Å²) in [5.74, 6) is 1.37. The van der Waals surface area contributed by atoms with Gasteiger partial charge in [0.15, 0.2) is 0 Å². The van der Waals surface area contributed by atoms with Gasteiger partial charge in [-0.25, -0.2) is 0 Å². The molecule has 4 heteroatoms. The van der Waals surface area contributed by atoms with Crippen LogP contribution >= 0.6 is 0 Å². The molecule has 0 aromatic heterocycles. The molecule has 0 radical (unpaired) electrons. The van der Waals surface area contributed by atoms with E-state index in [1.54, 1.807) is 24.3 Å². The van der Waals surface area contributed by atoms with E-state index in [-0.39, 0.29) is 11.5 Å². The zero-order chi connectivity index (χ0) is 24.2. The summed E-state index contributed by atoms with van der Waals surface area (Å²) < 4.78 is 6.01. The highest BCUT2D eigenvalue weighted by molar-refractivity contribution is 6.06. The minimum atomic E-state index is 0.240. The van der Waals surface area contributed by atoms with E-state index in [1.807, 2.05) is 42.5 Å². The Morgan fingerprint density at radius 3 is 2.23 bits per heavy atom. The number of benzene rings is 4. The molecular weight excluding hydrogens is 434 g/mol. The summed E-state index contributed by atoms with van der Waals surface area (Å²) in [6.45, 7) is 6.17. The monoisotopic (exact) mass is 465 g/mol. The second kappa shape index (κ2) is 10.2. The van der Waals surface area contributed by atoms with E-state index in [0.29, 0.717) is 6.61 Å². The van der Waals surface area contributed by atoms with Crippen molar-refractivity contribution in [3.05, 3.63) is 102 Å². The van der Waals surface area contributed by atoms with E-state index in [0.717, 1.165) is 50.9 Å². The minimum Gasteiger partial charge on any atom is -0.508 e. The number of nitrogens with zero attached hydrogens (tertiary/aromatic N) is 1. The van der Waals surface area contributed by atoms with Crippen molar-refractivity contribution in [3.8, 4) is 17.2 Å². The summed E-state index contributed by atoms with van der Waals surface area (Å²) >= 11 is 0. The zero-order valence-corrected chi connectivity index (χ0v) is 20.1. The van der Waals surface area contributed by atoms with Crippen LogP contribution in [-0.4, -0.2) is 41.4 Å². The molecule has 4 aromatic rings. The van der Waals surface area contributed by atoms with E-state index in [1.165, 1.54) is 25.9 Å². The standard InChI is InChI=1S/C31H31NO3/c1-22(23-9-14-28(15-10-23)35-20-19-32-17-2-3-18-32)31(24-7-11-26(33)12-8-24)30-6-4-5-25-21-27(34)13-16-29(25)30/h4-16,21,33-34H,2-3,17-20H2,1H3/b31-22+. The predicted octanol–water partition coefficient (Wildman–Crippen LogP) is 6.70. The van der Waals surface area contributed by atoms with Crippen molar-refractivity contribution in [1.29, 1.82) is 0 Å². The third kappa shape index (κ3) is 5.18. The molecule has 5 rings (SSSR count). The maximum absolute atomic E-state index is 9.99. The maximum atomic E-state index is 9.99. The molecule has 0 spiro atoms. The smallest absolute Gasteiger partial charge is 0.119 e. The number of ether oxygens (including phenoxy) is 1. The van der Waals surface area contributed by atoms with Gasteiger partial charge in [-0.3, -0.25) is 4.90 Å². The van der Waals surface area contributed by atoms with Crippen LogP contribution in [-0.2, 0) is 0 Å². The Balaban J connectivity index is 1.50. The Labute approximate surface area is 206 Å². The minimum absolute atomic E-state index is 0.240. The van der Waals surface area contributed by atoms with Crippen molar-refractivity contribution >= 4 is 21.9 Å². The van der Waals surface area contributed by atoms with Gasteiger partial charge in [0.25, 0.3) is 0 Å². The van der Waals surface area contributed by atoms with E-state index in [2.05, 4.69) is 30.0 Å². The van der Waals surface area contributed by atoms with Gasteiger partial charge in [0, 0.05) is 6.54 Å². The lowest BCUT2D eigenvalue weighted by Crippen LogP contribution is -2.25. The number of likely N-dealkylation sites (tertiary alicyclic amines) is 1. The number of allylic oxidation sites excluding steroid dienone is 1. The first-order valence-corrected chi connectivity index (χ1v) is 12.3. The van der Waals surface area contributed by atoms with Crippen molar-refractivity contribution in [3.63, 3.8) is 0 Å². The molecule has 2 N–H and O–H groups in total. The molecular formula is C31H31NO3. The lowest BCUT2D eigenvalue weighted by molar-refractivity contribution is 0.238. The summed E-state index contributed by atoms with van der Waals surface area (Å²) in [6.07, 6.45) is 2.59. The summed E-state index contributed by atoms with van der Waals surface area (Å²) in [5, 5.41) is 21.9. The zero-order valence-electron chi connectivity index (χ0n) is 20.1. The Bertz CT molecular complexity index is 1330. The number of hydrogen-bond donors (Lipinski definition) is 2. The van der Waals surface area contributed by atoms with Gasteiger partial charge in [-0.15, -0.1) is 0 Å². The molecule has 178 valence electrons. The molecule has 35 heavy (non-hydrogen) atoms. The Morgan fingerprint density at radius 1 is 0.800 bits per heavy atom. The second-order valence-corrected chi connectivity index (χ2v) is 9.18. The van der Waals surface area contributed by atoms with Gasteiger partial charge in [0.2, 0.25) is 0 Å². The summed E-state index contributed by atoms with van der Waals surface area (Å²) in [5.41, 5.74) is 5.42. The average Bonchev–Trinajstić information content (AvgIpc) is 3.39. The van der Waals surface area contributed by atoms with Crippen molar-refractivity contribution < 1.29 is 14.9 Å². The van der Waals surface area contributed by atoms with E-state index < -0.39 is 0 Å². The molecule has 0 unspecified atom stereocenters. The van der Waals surface area contributed by atoms with Gasteiger partial charge >= 0.3 is 0 Å². The van der Waals surface area contributed by atoms with Crippen LogP contribution in [0.4, 0.5) is 0 Å². The highest BCUT2D eigenvalue weighted by Crippen LogP contribution is 2.37. The Hall–Kier alpha value is -3.76. The quantitative estimate of drug-likeness (QED) is 0.298. The van der Waals surface area contributed by atoms with Gasteiger partial charge in [0.05, 0.1) is 0 Å². The molecule has 1 saturated heterocycles. The molecule has 0 aliphatic carbocycles. The maximum Gasteiger partial charge on any atom is 0.119 e. The molecule has 4 aromatic carbocycles. The van der Waals surface area contributed by atoms with Crippen LogP contribution < -0.4 is 4.74 Å². The number of phenols is 2. The van der Waals surface area contributed by atoms with E-state index in [4.69, 9.17) is 4.74 Å². The first kappa shape index (κ1) is 23.0. The van der Waals surface area contributed by atoms with Crippen LogP contribution in [0.2, 0.25) is 0 Å². The van der Waals surface area contributed by atoms with Crippen LogP contribution in [0.1, 0.15) is 36.5 Å².